The van der Waals surface area contributed by atoms with Gasteiger partial charge in [0.05, 0.1) is 4.90 Å². The highest BCUT2D eigenvalue weighted by atomic mass is 32.2. The van der Waals surface area contributed by atoms with E-state index < -0.39 is 10.0 Å². The molecular formula is C15H13N3O2S2. The number of benzene rings is 2. The minimum atomic E-state index is -3.67. The van der Waals surface area contributed by atoms with Crippen LogP contribution in [0.3, 0.4) is 0 Å². The topological polar surface area (TPSA) is 72.0 Å². The lowest BCUT2D eigenvalue weighted by Gasteiger charge is -2.08. The summed E-state index contributed by atoms with van der Waals surface area (Å²) in [6, 6.07) is 12.7. The minimum absolute atomic E-state index is 0.258. The third-order valence-electron chi connectivity index (χ3n) is 3.63. The van der Waals surface area contributed by atoms with Gasteiger partial charge in [-0.3, -0.25) is 4.72 Å². The molecule has 0 bridgehead atoms. The van der Waals surface area contributed by atoms with E-state index in [0.717, 1.165) is 23.2 Å². The molecule has 0 amide bonds. The van der Waals surface area contributed by atoms with Crippen LogP contribution < -0.4 is 4.72 Å². The third kappa shape index (κ3) is 2.46. The lowest BCUT2D eigenvalue weighted by molar-refractivity contribution is 0.602. The van der Waals surface area contributed by atoms with Gasteiger partial charge in [-0.05, 0) is 24.3 Å². The van der Waals surface area contributed by atoms with E-state index in [9.17, 15) is 8.42 Å². The fourth-order valence-corrected chi connectivity index (χ4v) is 4.74. The van der Waals surface area contributed by atoms with Crippen molar-refractivity contribution in [3.05, 3.63) is 47.5 Å². The van der Waals surface area contributed by atoms with Crippen LogP contribution in [0, 0.1) is 0 Å². The summed E-state index contributed by atoms with van der Waals surface area (Å²) < 4.78 is 27.8. The monoisotopic (exact) mass is 331 g/mol. The first-order valence-corrected chi connectivity index (χ1v) is 9.27. The van der Waals surface area contributed by atoms with Gasteiger partial charge >= 0.3 is 0 Å². The van der Waals surface area contributed by atoms with Gasteiger partial charge in [0.15, 0.2) is 0 Å². The first kappa shape index (κ1) is 13.7. The Hall–Kier alpha value is -1.99. The van der Waals surface area contributed by atoms with Crippen molar-refractivity contribution in [1.29, 1.82) is 0 Å². The molecule has 1 aromatic heterocycles. The van der Waals surface area contributed by atoms with Crippen molar-refractivity contribution in [2.75, 3.05) is 4.72 Å². The molecule has 22 heavy (non-hydrogen) atoms. The van der Waals surface area contributed by atoms with Crippen molar-refractivity contribution in [3.8, 4) is 0 Å². The van der Waals surface area contributed by atoms with Crippen molar-refractivity contribution in [1.82, 2.24) is 10.2 Å². The molecule has 4 rings (SSSR count). The van der Waals surface area contributed by atoms with Crippen LogP contribution in [0.5, 0.6) is 0 Å². The Morgan fingerprint density at radius 2 is 1.82 bits per heavy atom. The largest absolute Gasteiger partial charge is 0.264 e. The average Bonchev–Trinajstić information content (AvgIpc) is 3.27. The lowest BCUT2D eigenvalue weighted by atomic mass is 10.1. The predicted molar refractivity (Wildman–Crippen MR) is 86.6 cm³/mol. The first-order chi connectivity index (χ1) is 10.6. The van der Waals surface area contributed by atoms with Crippen molar-refractivity contribution < 1.29 is 8.42 Å². The van der Waals surface area contributed by atoms with Crippen LogP contribution in [0.25, 0.3) is 10.8 Å². The fourth-order valence-electron chi connectivity index (χ4n) is 2.37. The second-order valence-corrected chi connectivity index (χ2v) is 7.96. The zero-order valence-electron chi connectivity index (χ0n) is 11.6. The van der Waals surface area contributed by atoms with E-state index in [1.807, 2.05) is 24.3 Å². The van der Waals surface area contributed by atoms with E-state index in [1.54, 1.807) is 18.2 Å². The van der Waals surface area contributed by atoms with Crippen molar-refractivity contribution in [2.45, 2.75) is 23.7 Å². The molecule has 1 aliphatic rings. The van der Waals surface area contributed by atoms with Crippen LogP contribution in [0.2, 0.25) is 0 Å². The molecule has 1 fully saturated rings. The quantitative estimate of drug-likeness (QED) is 0.795. The molecule has 112 valence electrons. The molecule has 1 N–H and O–H groups in total. The highest BCUT2D eigenvalue weighted by Gasteiger charge is 2.28. The molecule has 1 heterocycles. The Bertz CT molecular complexity index is 941. The second kappa shape index (κ2) is 5.03. The van der Waals surface area contributed by atoms with Gasteiger partial charge in [0, 0.05) is 11.3 Å². The molecule has 5 nitrogen and oxygen atoms in total. The SMILES string of the molecule is O=S(=O)(Nc1nnc(C2CC2)s1)c1cccc2ccccc12. The number of fused-ring (bicyclic) bond motifs is 1. The molecular weight excluding hydrogens is 318 g/mol. The maximum atomic E-state index is 12.6. The fraction of sp³-hybridized carbons (Fsp3) is 0.200. The van der Waals surface area contributed by atoms with Crippen LogP contribution in [-0.4, -0.2) is 18.6 Å². The van der Waals surface area contributed by atoms with E-state index in [-0.39, 0.29) is 4.90 Å². The zero-order chi connectivity index (χ0) is 15.2. The molecule has 1 aliphatic carbocycles. The number of nitrogens with zero attached hydrogens (tertiary/aromatic N) is 2. The van der Waals surface area contributed by atoms with Gasteiger partial charge in [0.2, 0.25) is 5.13 Å². The Morgan fingerprint density at radius 3 is 2.64 bits per heavy atom. The molecule has 1 saturated carbocycles. The molecule has 0 unspecified atom stereocenters. The molecule has 0 spiro atoms. The van der Waals surface area contributed by atoms with E-state index in [1.165, 1.54) is 11.3 Å². The van der Waals surface area contributed by atoms with Gasteiger partial charge < -0.3 is 0 Å². The number of rotatable bonds is 4. The Morgan fingerprint density at radius 1 is 1.05 bits per heavy atom. The van der Waals surface area contributed by atoms with Gasteiger partial charge in [-0.1, -0.05) is 47.7 Å². The molecule has 0 radical (unpaired) electrons. The summed E-state index contributed by atoms with van der Waals surface area (Å²) >= 11 is 1.32. The maximum Gasteiger partial charge on any atom is 0.264 e. The molecule has 7 heteroatoms. The highest BCUT2D eigenvalue weighted by molar-refractivity contribution is 7.93. The predicted octanol–water partition coefficient (Wildman–Crippen LogP) is 3.37. The maximum absolute atomic E-state index is 12.6. The van der Waals surface area contributed by atoms with Gasteiger partial charge in [0.25, 0.3) is 10.0 Å². The van der Waals surface area contributed by atoms with Crippen molar-refractivity contribution >= 4 is 37.3 Å². The standard InChI is InChI=1S/C15H13N3O2S2/c19-22(20,18-15-17-16-14(21-15)11-8-9-11)13-7-3-5-10-4-1-2-6-12(10)13/h1-7,11H,8-9H2,(H,17,18). The molecule has 2 aromatic carbocycles. The summed E-state index contributed by atoms with van der Waals surface area (Å²) in [5, 5.41) is 10.8. The smallest absolute Gasteiger partial charge is 0.253 e. The van der Waals surface area contributed by atoms with E-state index in [0.29, 0.717) is 16.4 Å². The van der Waals surface area contributed by atoms with Crippen LogP contribution in [-0.2, 0) is 10.0 Å². The number of aromatic nitrogens is 2. The summed E-state index contributed by atoms with van der Waals surface area (Å²) in [6.45, 7) is 0. The lowest BCUT2D eigenvalue weighted by Crippen LogP contribution is -2.13. The summed E-state index contributed by atoms with van der Waals surface area (Å²) in [5.41, 5.74) is 0. The van der Waals surface area contributed by atoms with Gasteiger partial charge in [-0.25, -0.2) is 8.42 Å². The second-order valence-electron chi connectivity index (χ2n) is 5.30. The van der Waals surface area contributed by atoms with Crippen LogP contribution in [0.4, 0.5) is 5.13 Å². The summed E-state index contributed by atoms with van der Waals surface area (Å²) in [6.07, 6.45) is 2.23. The number of anilines is 1. The van der Waals surface area contributed by atoms with Crippen molar-refractivity contribution in [3.63, 3.8) is 0 Å². The first-order valence-electron chi connectivity index (χ1n) is 6.97. The zero-order valence-corrected chi connectivity index (χ0v) is 13.2. The average molecular weight is 331 g/mol. The number of sulfonamides is 1. The number of hydrogen-bond donors (Lipinski definition) is 1. The Balaban J connectivity index is 1.72. The van der Waals surface area contributed by atoms with Crippen molar-refractivity contribution in [2.24, 2.45) is 0 Å². The third-order valence-corrected chi connectivity index (χ3v) is 6.16. The number of hydrogen-bond acceptors (Lipinski definition) is 5. The highest BCUT2D eigenvalue weighted by Crippen LogP contribution is 2.42. The number of nitrogens with one attached hydrogen (secondary N) is 1. The molecule has 3 aromatic rings. The van der Waals surface area contributed by atoms with Gasteiger partial charge in [-0.15, -0.1) is 10.2 Å². The van der Waals surface area contributed by atoms with E-state index >= 15 is 0 Å². The normalized spacial score (nSPS) is 15.1. The van der Waals surface area contributed by atoms with E-state index in [4.69, 9.17) is 0 Å². The van der Waals surface area contributed by atoms with Gasteiger partial charge in [0.1, 0.15) is 5.01 Å². The van der Waals surface area contributed by atoms with E-state index in [2.05, 4.69) is 14.9 Å². The summed E-state index contributed by atoms with van der Waals surface area (Å²) in [5.74, 6) is 0.466. The Kier molecular flexibility index (Phi) is 3.12. The summed E-state index contributed by atoms with van der Waals surface area (Å²) in [4.78, 5) is 0.258. The molecule has 0 atom stereocenters. The van der Waals surface area contributed by atoms with Crippen LogP contribution in [0.1, 0.15) is 23.8 Å². The Labute approximate surface area is 132 Å². The van der Waals surface area contributed by atoms with Crippen LogP contribution >= 0.6 is 11.3 Å². The molecule has 0 saturated heterocycles. The summed E-state index contributed by atoms with van der Waals surface area (Å²) in [7, 11) is -3.67. The van der Waals surface area contributed by atoms with Crippen LogP contribution in [0.15, 0.2) is 47.4 Å². The molecule has 0 aliphatic heterocycles. The minimum Gasteiger partial charge on any atom is -0.253 e. The van der Waals surface area contributed by atoms with Gasteiger partial charge in [-0.2, -0.15) is 0 Å².